The maximum atomic E-state index is 13.8. The molecule has 0 unspecified atom stereocenters. The molecule has 0 spiro atoms. The van der Waals surface area contributed by atoms with Crippen LogP contribution in [0.2, 0.25) is 0 Å². The highest BCUT2D eigenvalue weighted by Crippen LogP contribution is 2.42. The van der Waals surface area contributed by atoms with E-state index in [0.29, 0.717) is 5.69 Å². The van der Waals surface area contributed by atoms with Crippen LogP contribution in [0.1, 0.15) is 25.1 Å². The first kappa shape index (κ1) is 19.7. The summed E-state index contributed by atoms with van der Waals surface area (Å²) in [6, 6.07) is 4.47. The third-order valence-electron chi connectivity index (χ3n) is 4.04. The van der Waals surface area contributed by atoms with Gasteiger partial charge in [-0.25, -0.2) is 9.37 Å². The number of aromatic nitrogens is 3. The molecule has 0 radical (unpaired) electrons. The first-order chi connectivity index (χ1) is 13.1. The molecule has 0 amide bonds. The van der Waals surface area contributed by atoms with E-state index in [2.05, 4.69) is 15.2 Å². The summed E-state index contributed by atoms with van der Waals surface area (Å²) >= 11 is 0. The Morgan fingerprint density at radius 3 is 2.39 bits per heavy atom. The third kappa shape index (κ3) is 3.78. The van der Waals surface area contributed by atoms with Gasteiger partial charge in [-0.1, -0.05) is 0 Å². The van der Waals surface area contributed by atoms with Crippen LogP contribution in [0.25, 0.3) is 22.4 Å². The molecule has 3 rings (SSSR count). The number of nitrogens with two attached hydrogens (primary N) is 1. The number of alkyl halides is 3. The average Bonchev–Trinajstić information content (AvgIpc) is 2.99. The number of hydrogen-bond acceptors (Lipinski definition) is 4. The average molecular weight is 394 g/mol. The first-order valence-corrected chi connectivity index (χ1v) is 8.42. The number of aryl methyl sites for hydroxylation is 1. The number of aromatic amines is 1. The quantitative estimate of drug-likeness (QED) is 0.612. The number of anilines is 1. The van der Waals surface area contributed by atoms with E-state index in [1.807, 2.05) is 0 Å². The van der Waals surface area contributed by atoms with Crippen LogP contribution in [-0.2, 0) is 6.18 Å². The van der Waals surface area contributed by atoms with Gasteiger partial charge in [0.15, 0.2) is 0 Å². The van der Waals surface area contributed by atoms with Crippen molar-refractivity contribution in [2.24, 2.45) is 0 Å². The second kappa shape index (κ2) is 7.14. The highest BCUT2D eigenvalue weighted by atomic mass is 19.4. The van der Waals surface area contributed by atoms with Crippen LogP contribution < -0.4 is 10.5 Å². The number of halogens is 4. The van der Waals surface area contributed by atoms with E-state index < -0.39 is 17.6 Å². The summed E-state index contributed by atoms with van der Waals surface area (Å²) in [5, 5.41) is 6.34. The minimum Gasteiger partial charge on any atom is -0.490 e. The zero-order valence-electron chi connectivity index (χ0n) is 15.4. The largest absolute Gasteiger partial charge is 0.490 e. The number of nitrogens with one attached hydrogen (secondary N) is 1. The molecule has 0 saturated carbocycles. The third-order valence-corrected chi connectivity index (χ3v) is 4.04. The van der Waals surface area contributed by atoms with Crippen molar-refractivity contribution in [1.82, 2.24) is 15.2 Å². The Bertz CT molecular complexity index is 1010. The molecule has 0 aliphatic carbocycles. The molecule has 3 aromatic rings. The van der Waals surface area contributed by atoms with Crippen molar-refractivity contribution >= 4 is 5.82 Å². The number of H-pyrrole nitrogens is 1. The van der Waals surface area contributed by atoms with E-state index in [1.165, 1.54) is 12.3 Å². The summed E-state index contributed by atoms with van der Waals surface area (Å²) in [5.41, 5.74) is 5.56. The molecule has 28 heavy (non-hydrogen) atoms. The summed E-state index contributed by atoms with van der Waals surface area (Å²) in [7, 11) is 0. The molecule has 0 aliphatic rings. The van der Waals surface area contributed by atoms with E-state index in [4.69, 9.17) is 10.5 Å². The maximum Gasteiger partial charge on any atom is 0.418 e. The number of hydrogen-bond donors (Lipinski definition) is 2. The topological polar surface area (TPSA) is 76.8 Å². The molecule has 0 saturated heterocycles. The van der Waals surface area contributed by atoms with Gasteiger partial charge in [-0.15, -0.1) is 0 Å². The van der Waals surface area contributed by atoms with Crippen molar-refractivity contribution in [3.63, 3.8) is 0 Å². The van der Waals surface area contributed by atoms with Gasteiger partial charge in [0.25, 0.3) is 0 Å². The van der Waals surface area contributed by atoms with E-state index in [9.17, 15) is 17.6 Å². The van der Waals surface area contributed by atoms with Crippen LogP contribution in [-0.4, -0.2) is 21.3 Å². The number of nitrogens with zero attached hydrogens (tertiary/aromatic N) is 2. The molecule has 3 N–H and O–H groups in total. The van der Waals surface area contributed by atoms with Crippen molar-refractivity contribution in [3.05, 3.63) is 47.5 Å². The molecule has 0 fully saturated rings. The van der Waals surface area contributed by atoms with Crippen molar-refractivity contribution < 1.29 is 22.3 Å². The minimum absolute atomic E-state index is 0.00729. The second-order valence-electron chi connectivity index (χ2n) is 6.53. The number of ether oxygens (including phenoxy) is 1. The van der Waals surface area contributed by atoms with Gasteiger partial charge >= 0.3 is 6.18 Å². The predicted octanol–water partition coefficient (Wildman–Crippen LogP) is 4.97. The van der Waals surface area contributed by atoms with Gasteiger partial charge in [-0.2, -0.15) is 18.3 Å². The Hall–Kier alpha value is -3.10. The molecule has 0 aliphatic heterocycles. The highest BCUT2D eigenvalue weighted by Gasteiger charge is 2.36. The number of rotatable bonds is 4. The van der Waals surface area contributed by atoms with Crippen molar-refractivity contribution in [3.8, 4) is 28.1 Å². The highest BCUT2D eigenvalue weighted by molar-refractivity contribution is 5.82. The number of pyridine rings is 1. The summed E-state index contributed by atoms with van der Waals surface area (Å²) in [6.07, 6.45) is -3.74. The summed E-state index contributed by atoms with van der Waals surface area (Å²) in [5.74, 6) is -0.625. The lowest BCUT2D eigenvalue weighted by Gasteiger charge is -2.18. The second-order valence-corrected chi connectivity index (χ2v) is 6.53. The normalized spacial score (nSPS) is 11.9. The molecule has 9 heteroatoms. The zero-order chi connectivity index (χ0) is 20.6. The maximum absolute atomic E-state index is 13.8. The van der Waals surface area contributed by atoms with E-state index >= 15 is 0 Å². The van der Waals surface area contributed by atoms with Crippen LogP contribution in [0.5, 0.6) is 5.75 Å². The van der Waals surface area contributed by atoms with Crippen molar-refractivity contribution in [2.45, 2.75) is 33.1 Å². The molecule has 2 heterocycles. The van der Waals surface area contributed by atoms with Gasteiger partial charge < -0.3 is 10.5 Å². The molecular formula is C19H18F4N4O. The Labute approximate surface area is 158 Å². The van der Waals surface area contributed by atoms with Gasteiger partial charge in [0.2, 0.25) is 0 Å². The first-order valence-electron chi connectivity index (χ1n) is 8.42. The molecule has 2 aromatic heterocycles. The van der Waals surface area contributed by atoms with Gasteiger partial charge in [0, 0.05) is 28.5 Å². The Morgan fingerprint density at radius 2 is 1.82 bits per heavy atom. The van der Waals surface area contributed by atoms with Gasteiger partial charge in [-0.05, 0) is 39.0 Å². The van der Waals surface area contributed by atoms with Crippen LogP contribution in [0, 0.1) is 12.7 Å². The molecule has 1 aromatic carbocycles. The summed E-state index contributed by atoms with van der Waals surface area (Å²) in [4.78, 5) is 4.01. The smallest absolute Gasteiger partial charge is 0.418 e. The zero-order valence-corrected chi connectivity index (χ0v) is 15.4. The molecule has 0 bridgehead atoms. The van der Waals surface area contributed by atoms with Crippen LogP contribution >= 0.6 is 0 Å². The van der Waals surface area contributed by atoms with E-state index in [0.717, 1.165) is 18.2 Å². The predicted molar refractivity (Wildman–Crippen MR) is 97.1 cm³/mol. The molecule has 0 atom stereocenters. The molecule has 148 valence electrons. The molecular weight excluding hydrogens is 376 g/mol. The monoisotopic (exact) mass is 394 g/mol. The van der Waals surface area contributed by atoms with Gasteiger partial charge in [0.05, 0.1) is 23.6 Å². The van der Waals surface area contributed by atoms with E-state index in [1.54, 1.807) is 20.8 Å². The SMILES string of the molecule is Cc1[nH]ncc1-c1nc(N)c(-c2ccc(F)cc2OC(C)C)cc1C(F)(F)F. The van der Waals surface area contributed by atoms with Crippen molar-refractivity contribution in [1.29, 1.82) is 0 Å². The lowest BCUT2D eigenvalue weighted by molar-refractivity contribution is -0.137. The lowest BCUT2D eigenvalue weighted by atomic mass is 9.99. The number of benzene rings is 1. The Kier molecular flexibility index (Phi) is 5.01. The fourth-order valence-electron chi connectivity index (χ4n) is 2.82. The number of nitrogen functional groups attached to an aromatic ring is 1. The van der Waals surface area contributed by atoms with Crippen molar-refractivity contribution in [2.75, 3.05) is 5.73 Å². The van der Waals surface area contributed by atoms with E-state index in [-0.39, 0.29) is 40.1 Å². The van der Waals surface area contributed by atoms with Gasteiger partial charge in [-0.3, -0.25) is 5.10 Å². The summed E-state index contributed by atoms with van der Waals surface area (Å²) < 4.78 is 60.5. The minimum atomic E-state index is -4.69. The van der Waals surface area contributed by atoms with Gasteiger partial charge in [0.1, 0.15) is 17.4 Å². The fraction of sp³-hybridized carbons (Fsp3) is 0.263. The Balaban J connectivity index is 2.26. The van der Waals surface area contributed by atoms with Crippen LogP contribution in [0.15, 0.2) is 30.5 Å². The Morgan fingerprint density at radius 1 is 1.11 bits per heavy atom. The molecule has 5 nitrogen and oxygen atoms in total. The fourth-order valence-corrected chi connectivity index (χ4v) is 2.82. The summed E-state index contributed by atoms with van der Waals surface area (Å²) in [6.45, 7) is 5.03. The standard InChI is InChI=1S/C19H18F4N4O/c1-9(2)28-16-6-11(20)4-5-12(16)13-7-15(19(21,22)23)17(26-18(13)24)14-8-25-27-10(14)3/h4-9H,1-3H3,(H2,24,26)(H,25,27). The lowest BCUT2D eigenvalue weighted by Crippen LogP contribution is -2.12. The van der Waals surface area contributed by atoms with Crippen LogP contribution in [0.4, 0.5) is 23.4 Å². The van der Waals surface area contributed by atoms with Crippen LogP contribution in [0.3, 0.4) is 0 Å².